The first-order chi connectivity index (χ1) is 17.7. The molecule has 0 atom stereocenters. The van der Waals surface area contributed by atoms with Crippen LogP contribution < -0.4 is 5.32 Å². The van der Waals surface area contributed by atoms with Crippen molar-refractivity contribution in [3.05, 3.63) is 65.3 Å². The molecule has 0 saturated carbocycles. The zero-order valence-corrected chi connectivity index (χ0v) is 19.9. The lowest BCUT2D eigenvalue weighted by Gasteiger charge is -2.12. The largest absolute Gasteiger partial charge is 0.437 e. The second-order valence-corrected chi connectivity index (χ2v) is 8.16. The van der Waals surface area contributed by atoms with Crippen LogP contribution >= 0.6 is 0 Å². The molecule has 1 amide bonds. The molecule has 0 spiro atoms. The summed E-state index contributed by atoms with van der Waals surface area (Å²) in [6.45, 7) is 3.05. The molecule has 0 saturated heterocycles. The minimum Gasteiger partial charge on any atom is -0.337 e. The average molecular weight is 511 g/mol. The summed E-state index contributed by atoms with van der Waals surface area (Å²) in [5.74, 6) is 0.155. The maximum Gasteiger partial charge on any atom is 0.437 e. The molecule has 37 heavy (non-hydrogen) atoms. The highest BCUT2D eigenvalue weighted by Gasteiger charge is 2.39. The Balaban J connectivity index is 1.56. The van der Waals surface area contributed by atoms with Gasteiger partial charge in [-0.05, 0) is 19.1 Å². The molecule has 11 nitrogen and oxygen atoms in total. The number of anilines is 1. The number of benzene rings is 1. The van der Waals surface area contributed by atoms with Crippen LogP contribution in [0.2, 0.25) is 0 Å². The number of pyridine rings is 1. The molecule has 190 valence electrons. The van der Waals surface area contributed by atoms with Crippen LogP contribution in [-0.2, 0) is 26.2 Å². The Morgan fingerprint density at radius 1 is 1.19 bits per heavy atom. The number of aryl methyl sites for hydroxylation is 2. The molecular weight excluding hydrogens is 491 g/mol. The number of aromatic nitrogens is 8. The van der Waals surface area contributed by atoms with Crippen molar-refractivity contribution in [2.75, 3.05) is 5.32 Å². The van der Waals surface area contributed by atoms with Gasteiger partial charge in [-0.3, -0.25) is 9.48 Å². The van der Waals surface area contributed by atoms with Gasteiger partial charge in [0.15, 0.2) is 17.3 Å². The van der Waals surface area contributed by atoms with E-state index in [1.54, 1.807) is 31.3 Å². The first-order valence-electron chi connectivity index (χ1n) is 11.2. The van der Waals surface area contributed by atoms with Gasteiger partial charge in [-0.1, -0.05) is 30.3 Å². The fraction of sp³-hybridized carbons (Fsp3) is 0.261. The normalized spacial score (nSPS) is 11.8. The Morgan fingerprint density at radius 2 is 1.97 bits per heavy atom. The van der Waals surface area contributed by atoms with Gasteiger partial charge in [-0.2, -0.15) is 28.4 Å². The van der Waals surface area contributed by atoms with Gasteiger partial charge in [0.1, 0.15) is 18.6 Å². The van der Waals surface area contributed by atoms with Gasteiger partial charge in [0, 0.05) is 18.9 Å². The predicted molar refractivity (Wildman–Crippen MR) is 124 cm³/mol. The van der Waals surface area contributed by atoms with Crippen molar-refractivity contribution < 1.29 is 22.5 Å². The van der Waals surface area contributed by atoms with Crippen LogP contribution in [0.4, 0.5) is 18.9 Å². The molecule has 1 aromatic carbocycles. The fourth-order valence-corrected chi connectivity index (χ4v) is 3.86. The summed E-state index contributed by atoms with van der Waals surface area (Å²) < 4.78 is 49.4. The number of alkyl halides is 3. The van der Waals surface area contributed by atoms with Crippen LogP contribution in [0.3, 0.4) is 0 Å². The van der Waals surface area contributed by atoms with Crippen molar-refractivity contribution >= 4 is 22.5 Å². The van der Waals surface area contributed by atoms with Gasteiger partial charge >= 0.3 is 6.18 Å². The van der Waals surface area contributed by atoms with Gasteiger partial charge in [-0.25, -0.2) is 14.6 Å². The molecule has 14 heteroatoms. The molecule has 0 aliphatic rings. The van der Waals surface area contributed by atoms with Crippen molar-refractivity contribution in [1.29, 1.82) is 0 Å². The third-order valence-corrected chi connectivity index (χ3v) is 5.73. The smallest absolute Gasteiger partial charge is 0.337 e. The molecule has 4 heterocycles. The maximum atomic E-state index is 13.9. The quantitative estimate of drug-likeness (QED) is 0.364. The third kappa shape index (κ3) is 4.52. The highest BCUT2D eigenvalue weighted by atomic mass is 19.4. The summed E-state index contributed by atoms with van der Waals surface area (Å²) in [5.41, 5.74) is -0.693. The second-order valence-electron chi connectivity index (χ2n) is 8.16. The fourth-order valence-electron chi connectivity index (χ4n) is 3.86. The molecule has 5 rings (SSSR count). The molecular formula is C23H20F3N9O2. The Labute approximate surface area is 207 Å². The van der Waals surface area contributed by atoms with Crippen LogP contribution in [0.1, 0.15) is 40.4 Å². The van der Waals surface area contributed by atoms with Crippen molar-refractivity contribution in [2.45, 2.75) is 33.0 Å². The predicted octanol–water partition coefficient (Wildman–Crippen LogP) is 3.80. The Hall–Kier alpha value is -4.62. The summed E-state index contributed by atoms with van der Waals surface area (Å²) in [6.07, 6.45) is -2.98. The second kappa shape index (κ2) is 9.11. The summed E-state index contributed by atoms with van der Waals surface area (Å²) in [5, 5.41) is 14.4. The highest BCUT2D eigenvalue weighted by Crippen LogP contribution is 2.36. The van der Waals surface area contributed by atoms with Crippen LogP contribution in [0.15, 0.2) is 41.2 Å². The number of carbonyl (C=O) groups excluding carboxylic acids is 1. The minimum atomic E-state index is -4.83. The standard InChI is InChI=1S/C23H20F3N9O2/c1-4-17-30-18(37-33-17)10-35-12(2)19(20(32-35)23(24,25)26)31-22(36)14-9-16(21-27-11-28-34(21)3)29-15-8-6-5-7-13(14)15/h5-9,11H,4,10H2,1-3H3,(H,31,36). The summed E-state index contributed by atoms with van der Waals surface area (Å²) in [4.78, 5) is 26.3. The van der Waals surface area contributed by atoms with Crippen LogP contribution in [-0.4, -0.2) is 45.6 Å². The van der Waals surface area contributed by atoms with Gasteiger partial charge in [0.25, 0.3) is 5.91 Å². The SMILES string of the molecule is CCc1noc(Cn2nc(C(F)(F)F)c(NC(=O)c3cc(-c4ncnn4C)nc4ccccc34)c2C)n1. The topological polar surface area (TPSA) is 129 Å². The van der Waals surface area contributed by atoms with Crippen LogP contribution in [0, 0.1) is 6.92 Å². The van der Waals surface area contributed by atoms with E-state index in [1.807, 2.05) is 6.92 Å². The van der Waals surface area contributed by atoms with E-state index in [0.29, 0.717) is 34.7 Å². The lowest BCUT2D eigenvalue weighted by atomic mass is 10.1. The first kappa shape index (κ1) is 24.1. The average Bonchev–Trinajstić information content (AvgIpc) is 3.58. The number of fused-ring (bicyclic) bond motifs is 1. The number of amides is 1. The van der Waals surface area contributed by atoms with Crippen molar-refractivity contribution in [1.82, 2.24) is 39.7 Å². The van der Waals surface area contributed by atoms with Gasteiger partial charge in [0.2, 0.25) is 5.89 Å². The van der Waals surface area contributed by atoms with Crippen molar-refractivity contribution in [3.8, 4) is 11.5 Å². The third-order valence-electron chi connectivity index (χ3n) is 5.73. The number of hydrogen-bond acceptors (Lipinski definition) is 8. The van der Waals surface area contributed by atoms with Crippen molar-refractivity contribution in [3.63, 3.8) is 0 Å². The molecule has 0 radical (unpaired) electrons. The van der Waals surface area contributed by atoms with E-state index in [-0.39, 0.29) is 23.7 Å². The summed E-state index contributed by atoms with van der Waals surface area (Å²) >= 11 is 0. The van der Waals surface area contributed by atoms with Gasteiger partial charge in [-0.15, -0.1) is 0 Å². The molecule has 0 aliphatic heterocycles. The molecule has 0 unspecified atom stereocenters. The number of nitrogens with zero attached hydrogens (tertiary/aromatic N) is 8. The van der Waals surface area contributed by atoms with E-state index in [0.717, 1.165) is 4.68 Å². The maximum absolute atomic E-state index is 13.9. The number of rotatable bonds is 6. The zero-order valence-electron chi connectivity index (χ0n) is 19.9. The van der Waals surface area contributed by atoms with Gasteiger partial charge < -0.3 is 9.84 Å². The Bertz CT molecular complexity index is 1620. The van der Waals surface area contributed by atoms with E-state index in [9.17, 15) is 18.0 Å². The summed E-state index contributed by atoms with van der Waals surface area (Å²) in [7, 11) is 1.67. The van der Waals surface area contributed by atoms with Crippen LogP contribution in [0.25, 0.3) is 22.4 Å². The van der Waals surface area contributed by atoms with E-state index in [2.05, 4.69) is 35.6 Å². The first-order valence-corrected chi connectivity index (χ1v) is 11.2. The minimum absolute atomic E-state index is 0.0730. The molecule has 4 aromatic heterocycles. The molecule has 0 aliphatic carbocycles. The number of halogens is 3. The van der Waals surface area contributed by atoms with Gasteiger partial charge in [0.05, 0.1) is 22.5 Å². The van der Waals surface area contributed by atoms with E-state index in [4.69, 9.17) is 4.52 Å². The van der Waals surface area contributed by atoms with E-state index in [1.165, 1.54) is 24.0 Å². The molecule has 5 aromatic rings. The Morgan fingerprint density at radius 3 is 2.65 bits per heavy atom. The lowest BCUT2D eigenvalue weighted by Crippen LogP contribution is -2.17. The highest BCUT2D eigenvalue weighted by molar-refractivity contribution is 6.13. The van der Waals surface area contributed by atoms with Crippen molar-refractivity contribution in [2.24, 2.45) is 7.05 Å². The van der Waals surface area contributed by atoms with Crippen LogP contribution in [0.5, 0.6) is 0 Å². The zero-order chi connectivity index (χ0) is 26.3. The number of carbonyl (C=O) groups is 1. The lowest BCUT2D eigenvalue weighted by molar-refractivity contribution is -0.140. The molecule has 0 bridgehead atoms. The number of hydrogen-bond donors (Lipinski definition) is 1. The molecule has 0 fully saturated rings. The van der Waals surface area contributed by atoms with E-state index < -0.39 is 23.5 Å². The number of para-hydroxylation sites is 1. The molecule has 1 N–H and O–H groups in total. The Kier molecular flexibility index (Phi) is 5.93. The van der Waals surface area contributed by atoms with E-state index >= 15 is 0 Å². The monoisotopic (exact) mass is 511 g/mol. The number of nitrogens with one attached hydrogen (secondary N) is 1. The summed E-state index contributed by atoms with van der Waals surface area (Å²) in [6, 6.07) is 8.29.